The van der Waals surface area contributed by atoms with Gasteiger partial charge in [-0.3, -0.25) is 4.79 Å². The largest absolute Gasteiger partial charge is 0.356 e. The molecule has 0 fully saturated rings. The molecule has 1 heterocycles. The lowest BCUT2D eigenvalue weighted by Crippen LogP contribution is -2.18. The van der Waals surface area contributed by atoms with Crippen LogP contribution in [-0.4, -0.2) is 25.2 Å². The van der Waals surface area contributed by atoms with Crippen LogP contribution in [-0.2, 0) is 14.6 Å². The SMILES string of the molecule is Cc1cc(-c2ccc(C)c(S(=O)(=O)CCC(=O)Nc3cccc(Cl)c3)c2)on1. The van der Waals surface area contributed by atoms with Gasteiger partial charge in [0.2, 0.25) is 5.91 Å². The number of aromatic nitrogens is 1. The average Bonchev–Trinajstić information content (AvgIpc) is 3.07. The lowest BCUT2D eigenvalue weighted by atomic mass is 10.1. The monoisotopic (exact) mass is 418 g/mol. The number of anilines is 1. The predicted molar refractivity (Wildman–Crippen MR) is 108 cm³/mol. The summed E-state index contributed by atoms with van der Waals surface area (Å²) in [6.45, 7) is 3.51. The molecule has 0 saturated heterocycles. The Balaban J connectivity index is 1.74. The van der Waals surface area contributed by atoms with Gasteiger partial charge in [-0.05, 0) is 43.7 Å². The summed E-state index contributed by atoms with van der Waals surface area (Å²) in [4.78, 5) is 12.3. The number of aryl methyl sites for hydroxylation is 2. The summed E-state index contributed by atoms with van der Waals surface area (Å²) >= 11 is 5.88. The van der Waals surface area contributed by atoms with Crippen molar-refractivity contribution < 1.29 is 17.7 Å². The van der Waals surface area contributed by atoms with Gasteiger partial charge >= 0.3 is 0 Å². The fourth-order valence-corrected chi connectivity index (χ4v) is 4.44. The van der Waals surface area contributed by atoms with Crippen LogP contribution in [0.4, 0.5) is 5.69 Å². The van der Waals surface area contributed by atoms with Gasteiger partial charge in [-0.1, -0.05) is 35.0 Å². The standard InChI is InChI=1S/C20H19ClN2O4S/c1-13-6-7-15(18-10-14(2)23-27-18)11-19(13)28(25,26)9-8-20(24)22-17-5-3-4-16(21)12-17/h3-7,10-12H,8-9H2,1-2H3,(H,22,24). The molecule has 0 spiro atoms. The highest BCUT2D eigenvalue weighted by Crippen LogP contribution is 2.26. The zero-order valence-electron chi connectivity index (χ0n) is 15.4. The smallest absolute Gasteiger partial charge is 0.225 e. The van der Waals surface area contributed by atoms with Gasteiger partial charge in [0.25, 0.3) is 0 Å². The molecule has 0 aliphatic rings. The predicted octanol–water partition coefficient (Wildman–Crippen LogP) is 4.41. The molecule has 0 aliphatic heterocycles. The molecule has 0 radical (unpaired) electrons. The quantitative estimate of drug-likeness (QED) is 0.640. The number of sulfone groups is 1. The van der Waals surface area contributed by atoms with Crippen molar-refractivity contribution in [2.75, 3.05) is 11.1 Å². The van der Waals surface area contributed by atoms with Crippen LogP contribution in [0.15, 0.2) is 57.9 Å². The molecule has 8 heteroatoms. The van der Waals surface area contributed by atoms with E-state index in [2.05, 4.69) is 10.5 Å². The molecule has 1 aromatic heterocycles. The fraction of sp³-hybridized carbons (Fsp3) is 0.200. The van der Waals surface area contributed by atoms with Crippen molar-refractivity contribution in [1.29, 1.82) is 0 Å². The van der Waals surface area contributed by atoms with Gasteiger partial charge in [0.15, 0.2) is 15.6 Å². The van der Waals surface area contributed by atoms with Gasteiger partial charge < -0.3 is 9.84 Å². The molecule has 2 aromatic carbocycles. The van der Waals surface area contributed by atoms with E-state index in [9.17, 15) is 13.2 Å². The van der Waals surface area contributed by atoms with E-state index in [1.807, 2.05) is 0 Å². The highest BCUT2D eigenvalue weighted by Gasteiger charge is 2.20. The van der Waals surface area contributed by atoms with E-state index in [1.165, 1.54) is 0 Å². The van der Waals surface area contributed by atoms with Crippen LogP contribution in [0.25, 0.3) is 11.3 Å². The van der Waals surface area contributed by atoms with E-state index < -0.39 is 15.7 Å². The second kappa shape index (κ2) is 8.16. The highest BCUT2D eigenvalue weighted by molar-refractivity contribution is 7.91. The summed E-state index contributed by atoms with van der Waals surface area (Å²) in [5, 5.41) is 6.96. The number of benzene rings is 2. The van der Waals surface area contributed by atoms with Gasteiger partial charge in [0.05, 0.1) is 16.3 Å². The first-order valence-electron chi connectivity index (χ1n) is 8.57. The number of hydrogen-bond acceptors (Lipinski definition) is 5. The maximum absolute atomic E-state index is 12.8. The summed E-state index contributed by atoms with van der Waals surface area (Å²) < 4.78 is 30.8. The summed E-state index contributed by atoms with van der Waals surface area (Å²) in [6, 6.07) is 13.5. The van der Waals surface area contributed by atoms with Crippen molar-refractivity contribution in [3.05, 3.63) is 64.8 Å². The molecule has 0 aliphatic carbocycles. The summed E-state index contributed by atoms with van der Waals surface area (Å²) in [5.74, 6) is -0.211. The molecule has 1 amide bonds. The Morgan fingerprint density at radius 3 is 2.61 bits per heavy atom. The van der Waals surface area contributed by atoms with Crippen molar-refractivity contribution in [3.63, 3.8) is 0 Å². The topological polar surface area (TPSA) is 89.3 Å². The molecule has 3 aromatic rings. The molecule has 0 saturated carbocycles. The number of amides is 1. The Labute approximate surface area is 168 Å². The molecule has 146 valence electrons. The summed E-state index contributed by atoms with van der Waals surface area (Å²) in [6.07, 6.45) is -0.167. The van der Waals surface area contributed by atoms with Crippen LogP contribution in [0.2, 0.25) is 5.02 Å². The maximum atomic E-state index is 12.8. The molecule has 0 unspecified atom stereocenters. The Kier molecular flexibility index (Phi) is 5.86. The van der Waals surface area contributed by atoms with E-state index in [0.29, 0.717) is 33.3 Å². The Hall–Kier alpha value is -2.64. The molecule has 28 heavy (non-hydrogen) atoms. The third-order valence-corrected chi connectivity index (χ3v) is 6.23. The van der Waals surface area contributed by atoms with Gasteiger partial charge in [-0.15, -0.1) is 0 Å². The average molecular weight is 419 g/mol. The van der Waals surface area contributed by atoms with Gasteiger partial charge in [-0.25, -0.2) is 8.42 Å². The van der Waals surface area contributed by atoms with Crippen LogP contribution >= 0.6 is 11.6 Å². The fourth-order valence-electron chi connectivity index (χ4n) is 2.71. The van der Waals surface area contributed by atoms with Crippen LogP contribution in [0.5, 0.6) is 0 Å². The number of carbonyl (C=O) groups excluding carboxylic acids is 1. The summed E-state index contributed by atoms with van der Waals surface area (Å²) in [7, 11) is -3.66. The molecular weight excluding hydrogens is 400 g/mol. The Bertz CT molecular complexity index is 1120. The number of nitrogens with one attached hydrogen (secondary N) is 1. The lowest BCUT2D eigenvalue weighted by molar-refractivity contribution is -0.115. The summed E-state index contributed by atoms with van der Waals surface area (Å²) in [5.41, 5.74) is 2.45. The van der Waals surface area contributed by atoms with Crippen molar-refractivity contribution >= 4 is 33.0 Å². The minimum atomic E-state index is -3.66. The van der Waals surface area contributed by atoms with E-state index in [1.54, 1.807) is 62.4 Å². The van der Waals surface area contributed by atoms with Gasteiger partial charge in [-0.2, -0.15) is 0 Å². The second-order valence-electron chi connectivity index (χ2n) is 6.44. The van der Waals surface area contributed by atoms with Crippen LogP contribution < -0.4 is 5.32 Å². The lowest BCUT2D eigenvalue weighted by Gasteiger charge is -2.10. The minimum absolute atomic E-state index is 0.167. The first kappa shape index (κ1) is 20.1. The number of hydrogen-bond donors (Lipinski definition) is 1. The number of halogens is 1. The van der Waals surface area contributed by atoms with E-state index in [-0.39, 0.29) is 17.1 Å². The van der Waals surface area contributed by atoms with Crippen molar-refractivity contribution in [1.82, 2.24) is 5.16 Å². The number of nitrogens with zero attached hydrogens (tertiary/aromatic N) is 1. The molecule has 3 rings (SSSR count). The third kappa shape index (κ3) is 4.79. The van der Waals surface area contributed by atoms with Crippen molar-refractivity contribution in [2.24, 2.45) is 0 Å². The first-order chi connectivity index (χ1) is 13.2. The zero-order valence-corrected chi connectivity index (χ0v) is 17.0. The number of rotatable bonds is 6. The molecule has 1 N–H and O–H groups in total. The van der Waals surface area contributed by atoms with Crippen molar-refractivity contribution in [3.8, 4) is 11.3 Å². The van der Waals surface area contributed by atoms with Crippen LogP contribution in [0, 0.1) is 13.8 Å². The second-order valence-corrected chi connectivity index (χ2v) is 8.95. The van der Waals surface area contributed by atoms with E-state index in [0.717, 1.165) is 0 Å². The van der Waals surface area contributed by atoms with Crippen LogP contribution in [0.3, 0.4) is 0 Å². The normalized spacial score (nSPS) is 11.4. The minimum Gasteiger partial charge on any atom is -0.356 e. The Morgan fingerprint density at radius 1 is 1.14 bits per heavy atom. The van der Waals surface area contributed by atoms with Gasteiger partial charge in [0.1, 0.15) is 0 Å². The third-order valence-electron chi connectivity index (χ3n) is 4.14. The number of carbonyl (C=O) groups is 1. The maximum Gasteiger partial charge on any atom is 0.225 e. The zero-order chi connectivity index (χ0) is 20.3. The first-order valence-corrected chi connectivity index (χ1v) is 10.6. The molecular formula is C20H19ClN2O4S. The molecule has 0 atom stereocenters. The van der Waals surface area contributed by atoms with Crippen molar-refractivity contribution in [2.45, 2.75) is 25.2 Å². The van der Waals surface area contributed by atoms with E-state index >= 15 is 0 Å². The Morgan fingerprint density at radius 2 is 1.93 bits per heavy atom. The highest BCUT2D eigenvalue weighted by atomic mass is 35.5. The van der Waals surface area contributed by atoms with Crippen LogP contribution in [0.1, 0.15) is 17.7 Å². The van der Waals surface area contributed by atoms with E-state index in [4.69, 9.17) is 16.1 Å². The van der Waals surface area contributed by atoms with Gasteiger partial charge in [0, 0.05) is 28.8 Å². The molecule has 0 bridgehead atoms. The molecule has 6 nitrogen and oxygen atoms in total.